The van der Waals surface area contributed by atoms with Gasteiger partial charge in [-0.2, -0.15) is 4.98 Å². The van der Waals surface area contributed by atoms with Crippen LogP contribution in [0.4, 0.5) is 11.4 Å². The Balaban J connectivity index is 0.000000165. The van der Waals surface area contributed by atoms with E-state index in [2.05, 4.69) is 35.2 Å². The summed E-state index contributed by atoms with van der Waals surface area (Å²) >= 11 is 12.3. The molecule has 0 bridgehead atoms. The standard InChI is InChI=1S/C15H8ClN5O3.C14H10ClN5O3/c16-11-3-2-9(21(22)23)6-10(11)15-18-12-4-1-8(5-13(12)19-15)14-17-7-24-20-14;15-10-3-2-8(20(22)23)6-9(10)14-17-11-4-1-7(13(16)19-21)5-12(11)18-14/h1-7H,(H,18,19);1-6,21H,(H2,16,19)(H,17,18). The van der Waals surface area contributed by atoms with Crippen LogP contribution in [0, 0.1) is 20.2 Å². The summed E-state index contributed by atoms with van der Waals surface area (Å²) in [6.45, 7) is 0. The quantitative estimate of drug-likeness (QED) is 0.0474. The number of oxime groups is 1. The number of nitro groups is 2. The van der Waals surface area contributed by atoms with Gasteiger partial charge in [-0.05, 0) is 48.5 Å². The molecule has 5 N–H and O–H groups in total. The van der Waals surface area contributed by atoms with Crippen molar-refractivity contribution in [1.82, 2.24) is 30.1 Å². The Bertz CT molecular complexity index is 2340. The molecule has 0 aliphatic carbocycles. The maximum Gasteiger partial charge on any atom is 0.270 e. The van der Waals surface area contributed by atoms with Crippen molar-refractivity contribution >= 4 is 62.5 Å². The predicted octanol–water partition coefficient (Wildman–Crippen LogP) is 6.73. The average molecular weight is 673 g/mol. The molecule has 0 saturated carbocycles. The van der Waals surface area contributed by atoms with E-state index in [1.807, 2.05) is 12.1 Å². The Morgan fingerprint density at radius 1 is 0.809 bits per heavy atom. The van der Waals surface area contributed by atoms with Crippen LogP contribution < -0.4 is 5.73 Å². The maximum absolute atomic E-state index is 11.0. The van der Waals surface area contributed by atoms with Gasteiger partial charge in [0.15, 0.2) is 5.84 Å². The lowest BCUT2D eigenvalue weighted by atomic mass is 10.2. The summed E-state index contributed by atoms with van der Waals surface area (Å²) in [7, 11) is 0. The van der Waals surface area contributed by atoms with E-state index in [0.717, 1.165) is 11.1 Å². The van der Waals surface area contributed by atoms with Gasteiger partial charge in [0.05, 0.1) is 42.0 Å². The van der Waals surface area contributed by atoms with Crippen molar-refractivity contribution < 1.29 is 19.6 Å². The molecule has 0 aliphatic heterocycles. The molecule has 0 saturated heterocycles. The first-order valence-electron chi connectivity index (χ1n) is 13.2. The number of nitro benzene ring substituents is 2. The first-order valence-corrected chi connectivity index (χ1v) is 14.0. The molecule has 16 nitrogen and oxygen atoms in total. The summed E-state index contributed by atoms with van der Waals surface area (Å²) in [6.07, 6.45) is 1.25. The van der Waals surface area contributed by atoms with Crippen molar-refractivity contribution in [1.29, 1.82) is 0 Å². The van der Waals surface area contributed by atoms with E-state index in [9.17, 15) is 20.2 Å². The van der Waals surface area contributed by atoms with Crippen molar-refractivity contribution in [3.05, 3.63) is 115 Å². The number of nitrogens with zero attached hydrogens (tertiary/aromatic N) is 7. The molecule has 0 amide bonds. The molecule has 47 heavy (non-hydrogen) atoms. The summed E-state index contributed by atoms with van der Waals surface area (Å²) in [4.78, 5) is 39.8. The Hall–Kier alpha value is -6.39. The van der Waals surface area contributed by atoms with E-state index in [1.165, 1.54) is 42.8 Å². The van der Waals surface area contributed by atoms with Gasteiger partial charge in [0.2, 0.25) is 12.2 Å². The van der Waals surface area contributed by atoms with Crippen LogP contribution in [0.15, 0.2) is 88.9 Å². The van der Waals surface area contributed by atoms with E-state index in [4.69, 9.17) is 38.7 Å². The van der Waals surface area contributed by atoms with Crippen LogP contribution in [0.2, 0.25) is 10.0 Å². The molecule has 0 fully saturated rings. The van der Waals surface area contributed by atoms with Crippen LogP contribution in [0.25, 0.3) is 56.2 Å². The van der Waals surface area contributed by atoms with Crippen molar-refractivity contribution in [3.63, 3.8) is 0 Å². The lowest BCUT2D eigenvalue weighted by Gasteiger charge is -2.00. The Morgan fingerprint density at radius 2 is 1.36 bits per heavy atom. The maximum atomic E-state index is 11.0. The minimum atomic E-state index is -0.501. The van der Waals surface area contributed by atoms with Gasteiger partial charge in [-0.15, -0.1) is 0 Å². The number of nitrogens with one attached hydrogen (secondary N) is 2. The van der Waals surface area contributed by atoms with Crippen LogP contribution in [0.1, 0.15) is 5.56 Å². The second-order valence-corrected chi connectivity index (χ2v) is 10.5. The highest BCUT2D eigenvalue weighted by molar-refractivity contribution is 6.33. The third kappa shape index (κ3) is 6.26. The van der Waals surface area contributed by atoms with Crippen LogP contribution in [0.3, 0.4) is 0 Å². The normalized spacial score (nSPS) is 11.4. The number of imidazole rings is 2. The molecule has 0 unspecified atom stereocenters. The summed E-state index contributed by atoms with van der Waals surface area (Å²) < 4.78 is 4.74. The molecule has 0 spiro atoms. The lowest BCUT2D eigenvalue weighted by Crippen LogP contribution is -2.12. The highest BCUT2D eigenvalue weighted by Crippen LogP contribution is 2.33. The fraction of sp³-hybridized carbons (Fsp3) is 0. The number of hydrogen-bond acceptors (Lipinski definition) is 11. The molecule has 0 aliphatic rings. The van der Waals surface area contributed by atoms with Gasteiger partial charge >= 0.3 is 0 Å². The van der Waals surface area contributed by atoms with E-state index < -0.39 is 9.85 Å². The number of aromatic nitrogens is 6. The molecule has 0 radical (unpaired) electrons. The number of amidine groups is 1. The Morgan fingerprint density at radius 3 is 1.87 bits per heavy atom. The van der Waals surface area contributed by atoms with Gasteiger partial charge in [-0.1, -0.05) is 33.5 Å². The first-order chi connectivity index (χ1) is 22.6. The molecule has 7 rings (SSSR count). The van der Waals surface area contributed by atoms with Gasteiger partial charge in [0.25, 0.3) is 11.4 Å². The van der Waals surface area contributed by atoms with Crippen molar-refractivity contribution in [2.24, 2.45) is 10.9 Å². The van der Waals surface area contributed by atoms with Crippen molar-refractivity contribution in [2.45, 2.75) is 0 Å². The topological polar surface area (TPSA) is 241 Å². The number of non-ortho nitro benzene ring substituents is 2. The van der Waals surface area contributed by atoms with Crippen molar-refractivity contribution in [3.8, 4) is 34.2 Å². The van der Waals surface area contributed by atoms with E-state index in [0.29, 0.717) is 60.8 Å². The average Bonchev–Trinajstić information content (AvgIpc) is 3.84. The minimum absolute atomic E-state index is 0.0311. The number of rotatable bonds is 6. The molecule has 0 atom stereocenters. The van der Waals surface area contributed by atoms with Crippen LogP contribution >= 0.6 is 23.2 Å². The second kappa shape index (κ2) is 12.5. The molecule has 3 heterocycles. The highest BCUT2D eigenvalue weighted by Gasteiger charge is 2.17. The number of nitrogens with two attached hydrogens (primary N) is 1. The van der Waals surface area contributed by atoms with E-state index >= 15 is 0 Å². The SMILES string of the molecule is N/C(=N/O)c1ccc2nc(-c3cc([N+](=O)[O-])ccc3Cl)[nH]c2c1.O=[N+]([O-])c1ccc(Cl)c(-c2nc3ccc(-c4ncon4)cc3[nH]2)c1. The largest absolute Gasteiger partial charge is 0.409 e. The van der Waals surface area contributed by atoms with Gasteiger partial charge in [0.1, 0.15) is 11.6 Å². The van der Waals surface area contributed by atoms with Gasteiger partial charge < -0.3 is 25.4 Å². The molecule has 3 aromatic heterocycles. The predicted molar refractivity (Wildman–Crippen MR) is 172 cm³/mol. The minimum Gasteiger partial charge on any atom is -0.409 e. The zero-order chi connectivity index (χ0) is 33.2. The second-order valence-electron chi connectivity index (χ2n) is 9.72. The molecule has 7 aromatic rings. The van der Waals surface area contributed by atoms with Crippen LogP contribution in [-0.2, 0) is 0 Å². The highest BCUT2D eigenvalue weighted by atomic mass is 35.5. The van der Waals surface area contributed by atoms with Crippen LogP contribution in [0.5, 0.6) is 0 Å². The van der Waals surface area contributed by atoms with Crippen molar-refractivity contribution in [2.75, 3.05) is 0 Å². The third-order valence-corrected chi connectivity index (χ3v) is 7.48. The third-order valence-electron chi connectivity index (χ3n) is 6.82. The van der Waals surface area contributed by atoms with Gasteiger partial charge in [-0.3, -0.25) is 20.2 Å². The Labute approximate surface area is 271 Å². The number of H-pyrrole nitrogens is 2. The Kier molecular flexibility index (Phi) is 8.17. The molecular weight excluding hydrogens is 655 g/mol. The summed E-state index contributed by atoms with van der Waals surface area (Å²) in [5, 5.41) is 38.0. The zero-order valence-electron chi connectivity index (χ0n) is 23.5. The summed E-state index contributed by atoms with van der Waals surface area (Å²) in [5.41, 5.74) is 10.2. The smallest absolute Gasteiger partial charge is 0.270 e. The summed E-state index contributed by atoms with van der Waals surface area (Å²) in [6, 6.07) is 18.8. The number of benzene rings is 4. The van der Waals surface area contributed by atoms with Gasteiger partial charge in [-0.25, -0.2) is 9.97 Å². The lowest BCUT2D eigenvalue weighted by molar-refractivity contribution is -0.385. The number of aromatic amines is 2. The molecular formula is C29H18Cl2N10O6. The van der Waals surface area contributed by atoms with Gasteiger partial charge in [0, 0.05) is 46.5 Å². The van der Waals surface area contributed by atoms with Crippen LogP contribution in [-0.4, -0.2) is 51.0 Å². The fourth-order valence-corrected chi connectivity index (χ4v) is 4.96. The number of halogens is 2. The summed E-state index contributed by atoms with van der Waals surface area (Å²) in [5.74, 6) is 1.27. The molecule has 18 heteroatoms. The van der Waals surface area contributed by atoms with E-state index in [-0.39, 0.29) is 17.2 Å². The van der Waals surface area contributed by atoms with E-state index in [1.54, 1.807) is 24.3 Å². The first kappa shape index (κ1) is 30.6. The zero-order valence-corrected chi connectivity index (χ0v) is 25.0. The molecule has 4 aromatic carbocycles. The monoisotopic (exact) mass is 672 g/mol. The molecule has 234 valence electrons. The fourth-order valence-electron chi connectivity index (χ4n) is 4.54. The number of hydrogen-bond donors (Lipinski definition) is 4. The number of fused-ring (bicyclic) bond motifs is 2.